The van der Waals surface area contributed by atoms with E-state index in [1.807, 2.05) is 66.4 Å². The summed E-state index contributed by atoms with van der Waals surface area (Å²) in [5.74, 6) is -0.923. The molecule has 1 aliphatic rings. The van der Waals surface area contributed by atoms with Crippen molar-refractivity contribution in [2.45, 2.75) is 17.9 Å². The van der Waals surface area contributed by atoms with E-state index in [9.17, 15) is 17.6 Å². The van der Waals surface area contributed by atoms with Gasteiger partial charge in [0.1, 0.15) is 10.7 Å². The molecule has 4 rings (SSSR count). The lowest BCUT2D eigenvalue weighted by atomic mass is 10.0. The van der Waals surface area contributed by atoms with Gasteiger partial charge >= 0.3 is 0 Å². The summed E-state index contributed by atoms with van der Waals surface area (Å²) in [7, 11) is -3.92. The Kier molecular flexibility index (Phi) is 6.88. The van der Waals surface area contributed by atoms with Crippen LogP contribution >= 0.6 is 0 Å². The number of hydrogen-bond acceptors (Lipinski definition) is 4. The molecule has 0 aliphatic carbocycles. The van der Waals surface area contributed by atoms with E-state index in [1.165, 1.54) is 22.5 Å². The van der Waals surface area contributed by atoms with E-state index < -0.39 is 21.9 Å². The highest BCUT2D eigenvalue weighted by Crippen LogP contribution is 2.28. The molecule has 1 aliphatic heterocycles. The summed E-state index contributed by atoms with van der Waals surface area (Å²) in [5, 5.41) is 3.02. The van der Waals surface area contributed by atoms with Gasteiger partial charge in [-0.2, -0.15) is 4.31 Å². The fourth-order valence-corrected chi connectivity index (χ4v) is 5.48. The fourth-order valence-electron chi connectivity index (χ4n) is 3.99. The molecule has 1 fully saturated rings. The van der Waals surface area contributed by atoms with Crippen LogP contribution in [-0.2, 0) is 14.8 Å². The van der Waals surface area contributed by atoms with Gasteiger partial charge in [-0.25, -0.2) is 12.8 Å². The molecule has 0 spiro atoms. The summed E-state index contributed by atoms with van der Waals surface area (Å²) >= 11 is 0. The Morgan fingerprint density at radius 1 is 0.879 bits per heavy atom. The molecule has 6 nitrogen and oxygen atoms in total. The monoisotopic (exact) mass is 467 g/mol. The quantitative estimate of drug-likeness (QED) is 0.598. The Morgan fingerprint density at radius 3 is 2.18 bits per heavy atom. The first-order chi connectivity index (χ1) is 15.9. The molecule has 3 aromatic carbocycles. The Morgan fingerprint density at radius 2 is 1.48 bits per heavy atom. The largest absolute Gasteiger partial charge is 0.324 e. The van der Waals surface area contributed by atoms with Gasteiger partial charge in [0.05, 0.1) is 6.04 Å². The lowest BCUT2D eigenvalue weighted by molar-refractivity contribution is -0.121. The van der Waals surface area contributed by atoms with Crippen LogP contribution in [0.15, 0.2) is 83.8 Å². The number of rotatable bonds is 6. The molecule has 0 radical (unpaired) electrons. The van der Waals surface area contributed by atoms with E-state index >= 15 is 0 Å². The normalized spacial score (nSPS) is 16.3. The molecule has 172 valence electrons. The second kappa shape index (κ2) is 9.82. The van der Waals surface area contributed by atoms with E-state index in [0.717, 1.165) is 22.9 Å². The number of anilines is 1. The topological polar surface area (TPSA) is 69.7 Å². The molecular weight excluding hydrogens is 441 g/mol. The number of benzene rings is 3. The lowest BCUT2D eigenvalue weighted by Gasteiger charge is -2.36. The number of carbonyl (C=O) groups is 1. The highest BCUT2D eigenvalue weighted by atomic mass is 32.2. The van der Waals surface area contributed by atoms with Crippen molar-refractivity contribution in [3.8, 4) is 11.1 Å². The highest BCUT2D eigenvalue weighted by Gasteiger charge is 2.33. The first-order valence-electron chi connectivity index (χ1n) is 10.8. The van der Waals surface area contributed by atoms with Gasteiger partial charge in [0.2, 0.25) is 15.9 Å². The first-order valence-corrected chi connectivity index (χ1v) is 12.3. The molecular formula is C25H26FN3O3S. The molecule has 1 heterocycles. The molecule has 3 aromatic rings. The minimum atomic E-state index is -3.92. The molecule has 0 bridgehead atoms. The molecule has 1 unspecified atom stereocenters. The van der Waals surface area contributed by atoms with Crippen LogP contribution in [0, 0.1) is 5.82 Å². The third-order valence-corrected chi connectivity index (χ3v) is 7.86. The molecule has 33 heavy (non-hydrogen) atoms. The second-order valence-corrected chi connectivity index (χ2v) is 9.85. The minimum Gasteiger partial charge on any atom is -0.324 e. The molecule has 0 aromatic heterocycles. The molecule has 1 amide bonds. The van der Waals surface area contributed by atoms with Gasteiger partial charge in [-0.15, -0.1) is 0 Å². The minimum absolute atomic E-state index is 0.163. The maximum atomic E-state index is 14.0. The highest BCUT2D eigenvalue weighted by molar-refractivity contribution is 7.89. The number of nitrogens with zero attached hydrogens (tertiary/aromatic N) is 2. The van der Waals surface area contributed by atoms with Crippen LogP contribution in [0.1, 0.15) is 6.92 Å². The van der Waals surface area contributed by atoms with Gasteiger partial charge in [0.25, 0.3) is 0 Å². The van der Waals surface area contributed by atoms with Crippen LogP contribution in [0.5, 0.6) is 0 Å². The number of halogens is 1. The molecule has 8 heteroatoms. The van der Waals surface area contributed by atoms with Crippen molar-refractivity contribution in [1.82, 2.24) is 9.21 Å². The van der Waals surface area contributed by atoms with Crippen molar-refractivity contribution in [2.75, 3.05) is 31.5 Å². The number of sulfonamides is 1. The Bertz CT molecular complexity index is 1230. The number of piperazine rings is 1. The van der Waals surface area contributed by atoms with Crippen LogP contribution < -0.4 is 5.32 Å². The van der Waals surface area contributed by atoms with E-state index in [2.05, 4.69) is 5.32 Å². The summed E-state index contributed by atoms with van der Waals surface area (Å²) in [6, 6.07) is 22.4. The number of carbonyl (C=O) groups excluding carboxylic acids is 1. The van der Waals surface area contributed by atoms with Gasteiger partial charge in [0, 0.05) is 37.4 Å². The van der Waals surface area contributed by atoms with Gasteiger partial charge < -0.3 is 5.32 Å². The molecule has 1 saturated heterocycles. The summed E-state index contributed by atoms with van der Waals surface area (Å²) in [5.41, 5.74) is 2.66. The zero-order chi connectivity index (χ0) is 23.4. The Labute approximate surface area is 193 Å². The number of hydrogen-bond donors (Lipinski definition) is 1. The van der Waals surface area contributed by atoms with Crippen LogP contribution in [-0.4, -0.2) is 55.8 Å². The number of amides is 1. The first kappa shape index (κ1) is 23.1. The van der Waals surface area contributed by atoms with Gasteiger partial charge in [0.15, 0.2) is 0 Å². The van der Waals surface area contributed by atoms with Crippen molar-refractivity contribution in [3.05, 3.63) is 84.7 Å². The Hall–Kier alpha value is -3.07. The average Bonchev–Trinajstić information content (AvgIpc) is 2.84. The summed E-state index contributed by atoms with van der Waals surface area (Å²) < 4.78 is 41.0. The fraction of sp³-hybridized carbons (Fsp3) is 0.240. The van der Waals surface area contributed by atoms with Gasteiger partial charge in [-0.05, 0) is 30.7 Å². The summed E-state index contributed by atoms with van der Waals surface area (Å²) in [6.45, 7) is 2.94. The van der Waals surface area contributed by atoms with Crippen LogP contribution in [0.4, 0.5) is 10.1 Å². The number of nitrogens with one attached hydrogen (secondary N) is 1. The van der Waals surface area contributed by atoms with Crippen LogP contribution in [0.25, 0.3) is 11.1 Å². The standard InChI is InChI=1S/C25H26FN3O3S/c1-19(25(30)27-23-13-7-5-11-21(23)20-9-3-2-4-10-20)28-15-17-29(18-16-28)33(31,32)24-14-8-6-12-22(24)26/h2-14,19H,15-18H2,1H3,(H,27,30). The summed E-state index contributed by atoms with van der Waals surface area (Å²) in [4.78, 5) is 14.6. The van der Waals surface area contributed by atoms with E-state index in [-0.39, 0.29) is 23.9 Å². The Balaban J connectivity index is 1.41. The smallest absolute Gasteiger partial charge is 0.246 e. The van der Waals surface area contributed by atoms with Crippen molar-refractivity contribution < 1.29 is 17.6 Å². The van der Waals surface area contributed by atoms with Crippen molar-refractivity contribution in [3.63, 3.8) is 0 Å². The third kappa shape index (κ3) is 4.98. The maximum Gasteiger partial charge on any atom is 0.246 e. The van der Waals surface area contributed by atoms with E-state index in [0.29, 0.717) is 13.1 Å². The number of para-hydroxylation sites is 1. The molecule has 0 saturated carbocycles. The average molecular weight is 468 g/mol. The van der Waals surface area contributed by atoms with Crippen molar-refractivity contribution in [1.29, 1.82) is 0 Å². The van der Waals surface area contributed by atoms with E-state index in [1.54, 1.807) is 0 Å². The van der Waals surface area contributed by atoms with Gasteiger partial charge in [-0.1, -0.05) is 60.7 Å². The molecule has 1 N–H and O–H groups in total. The SMILES string of the molecule is CC(C(=O)Nc1ccccc1-c1ccccc1)N1CCN(S(=O)(=O)c2ccccc2F)CC1. The third-order valence-electron chi connectivity index (χ3n) is 5.92. The van der Waals surface area contributed by atoms with Crippen LogP contribution in [0.2, 0.25) is 0 Å². The van der Waals surface area contributed by atoms with Crippen LogP contribution in [0.3, 0.4) is 0 Å². The van der Waals surface area contributed by atoms with Crippen molar-refractivity contribution in [2.24, 2.45) is 0 Å². The summed E-state index contributed by atoms with van der Waals surface area (Å²) in [6.07, 6.45) is 0. The predicted molar refractivity (Wildman–Crippen MR) is 127 cm³/mol. The van der Waals surface area contributed by atoms with Gasteiger partial charge in [-0.3, -0.25) is 9.69 Å². The van der Waals surface area contributed by atoms with Crippen molar-refractivity contribution >= 4 is 21.6 Å². The molecule has 1 atom stereocenters. The lowest BCUT2D eigenvalue weighted by Crippen LogP contribution is -2.54. The zero-order valence-electron chi connectivity index (χ0n) is 18.3. The zero-order valence-corrected chi connectivity index (χ0v) is 19.1. The second-order valence-electron chi connectivity index (χ2n) is 7.95. The maximum absolute atomic E-state index is 14.0. The van der Waals surface area contributed by atoms with E-state index in [4.69, 9.17) is 0 Å². The predicted octanol–water partition coefficient (Wildman–Crippen LogP) is 3.83.